The van der Waals surface area contributed by atoms with E-state index in [9.17, 15) is 13.6 Å². The SMILES string of the molecule is O=C(Nc1ccc(F)cc1F)c1cc(Cl)ccc1OCc1ccccc1. The quantitative estimate of drug-likeness (QED) is 0.645. The van der Waals surface area contributed by atoms with Crippen LogP contribution in [0.3, 0.4) is 0 Å². The molecule has 132 valence electrons. The zero-order chi connectivity index (χ0) is 18.5. The second-order valence-corrected chi connectivity index (χ2v) is 5.93. The molecule has 0 aliphatic rings. The number of hydrogen-bond acceptors (Lipinski definition) is 2. The minimum Gasteiger partial charge on any atom is -0.488 e. The van der Waals surface area contributed by atoms with Crippen molar-refractivity contribution >= 4 is 23.2 Å². The lowest BCUT2D eigenvalue weighted by molar-refractivity contribution is 0.102. The molecule has 0 bridgehead atoms. The van der Waals surface area contributed by atoms with Crippen LogP contribution >= 0.6 is 11.6 Å². The normalized spacial score (nSPS) is 10.4. The summed E-state index contributed by atoms with van der Waals surface area (Å²) >= 11 is 5.97. The molecule has 0 unspecified atom stereocenters. The number of halogens is 3. The van der Waals surface area contributed by atoms with Gasteiger partial charge in [-0.15, -0.1) is 0 Å². The van der Waals surface area contributed by atoms with Crippen molar-refractivity contribution < 1.29 is 18.3 Å². The monoisotopic (exact) mass is 373 g/mol. The van der Waals surface area contributed by atoms with Gasteiger partial charge in [0.05, 0.1) is 11.3 Å². The molecule has 0 fully saturated rings. The van der Waals surface area contributed by atoms with E-state index in [0.717, 1.165) is 17.7 Å². The van der Waals surface area contributed by atoms with Gasteiger partial charge in [-0.05, 0) is 35.9 Å². The van der Waals surface area contributed by atoms with E-state index in [1.807, 2.05) is 30.3 Å². The molecule has 3 aromatic rings. The van der Waals surface area contributed by atoms with Gasteiger partial charge >= 0.3 is 0 Å². The third-order valence-corrected chi connectivity index (χ3v) is 3.84. The molecule has 0 aliphatic heterocycles. The number of anilines is 1. The lowest BCUT2D eigenvalue weighted by Crippen LogP contribution is -2.15. The van der Waals surface area contributed by atoms with Crippen molar-refractivity contribution in [1.29, 1.82) is 0 Å². The van der Waals surface area contributed by atoms with Crippen molar-refractivity contribution in [1.82, 2.24) is 0 Å². The van der Waals surface area contributed by atoms with E-state index in [4.69, 9.17) is 16.3 Å². The molecule has 0 saturated heterocycles. The molecule has 3 nitrogen and oxygen atoms in total. The smallest absolute Gasteiger partial charge is 0.259 e. The summed E-state index contributed by atoms with van der Waals surface area (Å²) in [7, 11) is 0. The van der Waals surface area contributed by atoms with Crippen molar-refractivity contribution in [3.05, 3.63) is 94.5 Å². The largest absolute Gasteiger partial charge is 0.488 e. The minimum atomic E-state index is -0.868. The van der Waals surface area contributed by atoms with Crippen LogP contribution < -0.4 is 10.1 Å². The van der Waals surface area contributed by atoms with Crippen LogP contribution in [0.15, 0.2) is 66.7 Å². The summed E-state index contributed by atoms with van der Waals surface area (Å²) in [6, 6.07) is 16.9. The molecule has 0 aromatic heterocycles. The molecule has 26 heavy (non-hydrogen) atoms. The van der Waals surface area contributed by atoms with E-state index in [-0.39, 0.29) is 17.9 Å². The molecule has 0 spiro atoms. The second kappa shape index (κ2) is 7.97. The average molecular weight is 374 g/mol. The Labute approximate surface area is 154 Å². The topological polar surface area (TPSA) is 38.3 Å². The van der Waals surface area contributed by atoms with Gasteiger partial charge < -0.3 is 10.1 Å². The highest BCUT2D eigenvalue weighted by atomic mass is 35.5. The van der Waals surface area contributed by atoms with E-state index in [1.165, 1.54) is 6.07 Å². The van der Waals surface area contributed by atoms with Gasteiger partial charge in [0.1, 0.15) is 24.0 Å². The number of carbonyl (C=O) groups is 1. The average Bonchev–Trinajstić information content (AvgIpc) is 2.63. The first-order chi connectivity index (χ1) is 12.5. The summed E-state index contributed by atoms with van der Waals surface area (Å²) in [5.74, 6) is -1.90. The molecule has 0 radical (unpaired) electrons. The molecule has 1 N–H and O–H groups in total. The van der Waals surface area contributed by atoms with Crippen molar-refractivity contribution in [2.75, 3.05) is 5.32 Å². The van der Waals surface area contributed by atoms with Crippen LogP contribution in [0.1, 0.15) is 15.9 Å². The third-order valence-electron chi connectivity index (χ3n) is 3.60. The third kappa shape index (κ3) is 4.37. The molecule has 0 heterocycles. The Kier molecular flexibility index (Phi) is 5.49. The van der Waals surface area contributed by atoms with Crippen molar-refractivity contribution in [2.24, 2.45) is 0 Å². The number of hydrogen-bond donors (Lipinski definition) is 1. The summed E-state index contributed by atoms with van der Waals surface area (Å²) in [4.78, 5) is 12.5. The first kappa shape index (κ1) is 17.9. The predicted octanol–water partition coefficient (Wildman–Crippen LogP) is 5.45. The maximum atomic E-state index is 13.8. The number of benzene rings is 3. The lowest BCUT2D eigenvalue weighted by Gasteiger charge is -2.13. The number of carbonyl (C=O) groups excluding carboxylic acids is 1. The molecule has 3 rings (SSSR count). The highest BCUT2D eigenvalue weighted by Gasteiger charge is 2.16. The summed E-state index contributed by atoms with van der Waals surface area (Å²) in [6.45, 7) is 0.258. The van der Waals surface area contributed by atoms with E-state index in [2.05, 4.69) is 5.32 Å². The highest BCUT2D eigenvalue weighted by Crippen LogP contribution is 2.26. The number of amides is 1. The molecular formula is C20H14ClF2NO2. The van der Waals surface area contributed by atoms with Gasteiger partial charge in [-0.25, -0.2) is 8.78 Å². The molecular weight excluding hydrogens is 360 g/mol. The second-order valence-electron chi connectivity index (χ2n) is 5.49. The summed E-state index contributed by atoms with van der Waals surface area (Å²) in [5, 5.41) is 2.74. The van der Waals surface area contributed by atoms with Gasteiger partial charge in [0.25, 0.3) is 5.91 Å². The number of nitrogens with one attached hydrogen (secondary N) is 1. The molecule has 6 heteroatoms. The van der Waals surface area contributed by atoms with Crippen LogP contribution in [0.4, 0.5) is 14.5 Å². The van der Waals surface area contributed by atoms with Crippen LogP contribution in [0.5, 0.6) is 5.75 Å². The minimum absolute atomic E-state index is 0.134. The first-order valence-corrected chi connectivity index (χ1v) is 8.13. The summed E-state index contributed by atoms with van der Waals surface area (Å²) in [5.41, 5.74) is 0.945. The van der Waals surface area contributed by atoms with Gasteiger partial charge in [0, 0.05) is 11.1 Å². The highest BCUT2D eigenvalue weighted by molar-refractivity contribution is 6.31. The van der Waals surface area contributed by atoms with Crippen LogP contribution in [0, 0.1) is 11.6 Å². The Morgan fingerprint density at radius 1 is 1.00 bits per heavy atom. The van der Waals surface area contributed by atoms with Gasteiger partial charge in [0.15, 0.2) is 0 Å². The predicted molar refractivity (Wildman–Crippen MR) is 96.5 cm³/mol. The number of rotatable bonds is 5. The van der Waals surface area contributed by atoms with Crippen LogP contribution in [0.25, 0.3) is 0 Å². The summed E-state index contributed by atoms with van der Waals surface area (Å²) < 4.78 is 32.5. The van der Waals surface area contributed by atoms with Crippen LogP contribution in [-0.4, -0.2) is 5.91 Å². The van der Waals surface area contributed by atoms with E-state index in [1.54, 1.807) is 12.1 Å². The Morgan fingerprint density at radius 2 is 1.77 bits per heavy atom. The summed E-state index contributed by atoms with van der Waals surface area (Å²) in [6.07, 6.45) is 0. The lowest BCUT2D eigenvalue weighted by atomic mass is 10.1. The maximum Gasteiger partial charge on any atom is 0.259 e. The van der Waals surface area contributed by atoms with E-state index < -0.39 is 17.5 Å². The maximum absolute atomic E-state index is 13.8. The van der Waals surface area contributed by atoms with Crippen LogP contribution in [-0.2, 0) is 6.61 Å². The van der Waals surface area contributed by atoms with Crippen molar-refractivity contribution in [3.8, 4) is 5.75 Å². The standard InChI is InChI=1S/C20H14ClF2NO2/c21-14-6-9-19(26-12-13-4-2-1-3-5-13)16(10-14)20(25)24-18-8-7-15(22)11-17(18)23/h1-11H,12H2,(H,24,25). The Balaban J connectivity index is 1.81. The Hall–Kier alpha value is -2.92. The van der Waals surface area contributed by atoms with Crippen molar-refractivity contribution in [3.63, 3.8) is 0 Å². The molecule has 0 saturated carbocycles. The zero-order valence-electron chi connectivity index (χ0n) is 13.5. The van der Waals surface area contributed by atoms with Gasteiger partial charge in [-0.2, -0.15) is 0 Å². The fraction of sp³-hybridized carbons (Fsp3) is 0.0500. The van der Waals surface area contributed by atoms with Gasteiger partial charge in [0.2, 0.25) is 0 Å². The zero-order valence-corrected chi connectivity index (χ0v) is 14.3. The fourth-order valence-electron chi connectivity index (χ4n) is 2.32. The molecule has 0 aliphatic carbocycles. The van der Waals surface area contributed by atoms with E-state index in [0.29, 0.717) is 16.8 Å². The number of ether oxygens (including phenoxy) is 1. The Morgan fingerprint density at radius 3 is 2.50 bits per heavy atom. The van der Waals surface area contributed by atoms with Gasteiger partial charge in [-0.1, -0.05) is 41.9 Å². The molecule has 0 atom stereocenters. The Bertz CT molecular complexity index is 932. The molecule has 1 amide bonds. The fourth-order valence-corrected chi connectivity index (χ4v) is 2.49. The van der Waals surface area contributed by atoms with Crippen molar-refractivity contribution in [2.45, 2.75) is 6.61 Å². The van der Waals surface area contributed by atoms with E-state index >= 15 is 0 Å². The van der Waals surface area contributed by atoms with Gasteiger partial charge in [-0.3, -0.25) is 4.79 Å². The first-order valence-electron chi connectivity index (χ1n) is 7.75. The molecule has 3 aromatic carbocycles. The van der Waals surface area contributed by atoms with Crippen LogP contribution in [0.2, 0.25) is 5.02 Å².